The van der Waals surface area contributed by atoms with Gasteiger partial charge < -0.3 is 14.1 Å². The van der Waals surface area contributed by atoms with Crippen molar-refractivity contribution < 1.29 is 18.0 Å². The van der Waals surface area contributed by atoms with Crippen molar-refractivity contribution >= 4 is 17.2 Å². The summed E-state index contributed by atoms with van der Waals surface area (Å²) in [6, 6.07) is 6.99. The first kappa shape index (κ1) is 15.0. The first-order chi connectivity index (χ1) is 12.1. The van der Waals surface area contributed by atoms with Crippen LogP contribution in [0, 0.1) is 11.6 Å². The van der Waals surface area contributed by atoms with E-state index in [0.717, 1.165) is 6.07 Å². The quantitative estimate of drug-likeness (QED) is 0.619. The van der Waals surface area contributed by atoms with Crippen LogP contribution in [0.15, 0.2) is 59.6 Å². The molecule has 0 saturated heterocycles. The molecule has 0 atom stereocenters. The fourth-order valence-corrected chi connectivity index (χ4v) is 2.38. The van der Waals surface area contributed by atoms with Crippen molar-refractivity contribution in [3.8, 4) is 11.5 Å². The number of rotatable bonds is 3. The van der Waals surface area contributed by atoms with E-state index in [1.165, 1.54) is 30.8 Å². The summed E-state index contributed by atoms with van der Waals surface area (Å²) in [5.74, 6) is -2.37. The van der Waals surface area contributed by atoms with Gasteiger partial charge >= 0.3 is 0 Å². The lowest BCUT2D eigenvalue weighted by atomic mass is 10.3. The van der Waals surface area contributed by atoms with Gasteiger partial charge in [0, 0.05) is 12.4 Å². The molecule has 0 aliphatic carbocycles. The fraction of sp³-hybridized carbons (Fsp3) is 0. The Labute approximate surface area is 139 Å². The Kier molecular flexibility index (Phi) is 3.50. The summed E-state index contributed by atoms with van der Waals surface area (Å²) in [6.07, 6.45) is 6.17. The second-order valence-corrected chi connectivity index (χ2v) is 5.20. The van der Waals surface area contributed by atoms with Crippen LogP contribution in [0.3, 0.4) is 0 Å². The molecule has 4 aromatic rings. The van der Waals surface area contributed by atoms with Crippen LogP contribution in [-0.2, 0) is 0 Å². The Bertz CT molecular complexity index is 1070. The Hall–Kier alpha value is -3.55. The fourth-order valence-electron chi connectivity index (χ4n) is 2.38. The summed E-state index contributed by atoms with van der Waals surface area (Å²) < 4.78 is 33.7. The van der Waals surface area contributed by atoms with Crippen molar-refractivity contribution in [3.05, 3.63) is 72.5 Å². The number of aromatic nitrogens is 3. The number of hydrogen-bond acceptors (Lipinski definition) is 4. The van der Waals surface area contributed by atoms with Crippen molar-refractivity contribution in [2.24, 2.45) is 0 Å². The molecule has 0 aliphatic rings. The summed E-state index contributed by atoms with van der Waals surface area (Å²) >= 11 is 0. The zero-order chi connectivity index (χ0) is 17.4. The highest BCUT2D eigenvalue weighted by Crippen LogP contribution is 2.20. The van der Waals surface area contributed by atoms with Crippen molar-refractivity contribution in [2.45, 2.75) is 0 Å². The topological polar surface area (TPSA) is 72.4 Å². The molecule has 0 aliphatic heterocycles. The molecule has 6 nitrogen and oxygen atoms in total. The molecule has 0 radical (unpaired) electrons. The monoisotopic (exact) mass is 340 g/mol. The predicted octanol–water partition coefficient (Wildman–Crippen LogP) is 3.52. The molecule has 0 bridgehead atoms. The van der Waals surface area contributed by atoms with Gasteiger partial charge in [-0.2, -0.15) is 0 Å². The Morgan fingerprint density at radius 2 is 2.04 bits per heavy atom. The van der Waals surface area contributed by atoms with Gasteiger partial charge in [0.25, 0.3) is 5.91 Å². The molecular weight excluding hydrogens is 330 g/mol. The van der Waals surface area contributed by atoms with Crippen LogP contribution < -0.4 is 5.32 Å². The number of carbonyl (C=O) groups is 1. The molecule has 0 fully saturated rings. The van der Waals surface area contributed by atoms with Crippen molar-refractivity contribution in [2.75, 3.05) is 5.32 Å². The zero-order valence-electron chi connectivity index (χ0n) is 12.6. The minimum absolute atomic E-state index is 0.0632. The maximum absolute atomic E-state index is 13.7. The van der Waals surface area contributed by atoms with Crippen molar-refractivity contribution in [3.63, 3.8) is 0 Å². The molecular formula is C17H10F2N4O2. The smallest absolute Gasteiger partial charge is 0.275 e. The van der Waals surface area contributed by atoms with E-state index in [-0.39, 0.29) is 11.4 Å². The Morgan fingerprint density at radius 3 is 2.84 bits per heavy atom. The molecule has 3 aromatic heterocycles. The average Bonchev–Trinajstić information content (AvgIpc) is 3.27. The minimum atomic E-state index is -1.12. The molecule has 0 unspecified atom stereocenters. The molecule has 8 heteroatoms. The number of pyridine rings is 1. The van der Waals surface area contributed by atoms with Crippen LogP contribution in [0.4, 0.5) is 14.5 Å². The van der Waals surface area contributed by atoms with Gasteiger partial charge in [0.15, 0.2) is 11.6 Å². The van der Waals surface area contributed by atoms with Crippen LogP contribution in [0.5, 0.6) is 0 Å². The average molecular weight is 340 g/mol. The molecule has 124 valence electrons. The summed E-state index contributed by atoms with van der Waals surface area (Å²) in [6.45, 7) is 0. The summed E-state index contributed by atoms with van der Waals surface area (Å²) in [7, 11) is 0. The van der Waals surface area contributed by atoms with Crippen LogP contribution in [0.1, 0.15) is 10.5 Å². The van der Waals surface area contributed by atoms with Gasteiger partial charge in [0.1, 0.15) is 17.6 Å². The van der Waals surface area contributed by atoms with E-state index in [4.69, 9.17) is 4.42 Å². The van der Waals surface area contributed by atoms with E-state index in [1.807, 2.05) is 0 Å². The van der Waals surface area contributed by atoms with E-state index in [0.29, 0.717) is 17.1 Å². The SMILES string of the molecule is O=C(Nc1cccc(F)c1F)c1cn2cc(-c3ncco3)ccc2n1. The Balaban J connectivity index is 1.65. The lowest BCUT2D eigenvalue weighted by Gasteiger charge is -2.04. The van der Waals surface area contributed by atoms with E-state index in [1.54, 1.807) is 22.7 Å². The normalized spacial score (nSPS) is 11.0. The number of nitrogens with zero attached hydrogens (tertiary/aromatic N) is 3. The number of anilines is 1. The molecule has 1 amide bonds. The second-order valence-electron chi connectivity index (χ2n) is 5.20. The van der Waals surface area contributed by atoms with Gasteiger partial charge in [-0.05, 0) is 24.3 Å². The highest BCUT2D eigenvalue weighted by Gasteiger charge is 2.15. The van der Waals surface area contributed by atoms with E-state index in [9.17, 15) is 13.6 Å². The van der Waals surface area contributed by atoms with Gasteiger partial charge in [0.2, 0.25) is 5.89 Å². The van der Waals surface area contributed by atoms with Crippen LogP contribution in [0.25, 0.3) is 17.1 Å². The first-order valence-electron chi connectivity index (χ1n) is 7.26. The maximum atomic E-state index is 13.7. The number of imidazole rings is 1. The number of fused-ring (bicyclic) bond motifs is 1. The lowest BCUT2D eigenvalue weighted by molar-refractivity contribution is 0.102. The largest absolute Gasteiger partial charge is 0.444 e. The van der Waals surface area contributed by atoms with Gasteiger partial charge in [-0.1, -0.05) is 6.07 Å². The molecule has 1 N–H and O–H groups in total. The third-order valence-corrected chi connectivity index (χ3v) is 3.56. The number of oxazole rings is 1. The van der Waals surface area contributed by atoms with Gasteiger partial charge in [-0.15, -0.1) is 0 Å². The third-order valence-electron chi connectivity index (χ3n) is 3.56. The number of benzene rings is 1. The van der Waals surface area contributed by atoms with E-state index < -0.39 is 17.5 Å². The maximum Gasteiger partial charge on any atom is 0.275 e. The molecule has 3 heterocycles. The standard InChI is InChI=1S/C17H10F2N4O2/c18-11-2-1-3-12(15(11)19)22-16(24)13-9-23-8-10(4-5-14(23)21-13)17-20-6-7-25-17/h1-9H,(H,22,24). The second kappa shape index (κ2) is 5.82. The van der Waals surface area contributed by atoms with Crippen LogP contribution in [-0.4, -0.2) is 20.3 Å². The predicted molar refractivity (Wildman–Crippen MR) is 85.0 cm³/mol. The van der Waals surface area contributed by atoms with Gasteiger partial charge in [-0.25, -0.2) is 18.7 Å². The molecule has 4 rings (SSSR count). The summed E-state index contributed by atoms with van der Waals surface area (Å²) in [4.78, 5) is 20.5. The van der Waals surface area contributed by atoms with Gasteiger partial charge in [0.05, 0.1) is 17.4 Å². The molecule has 0 saturated carbocycles. The van der Waals surface area contributed by atoms with Crippen LogP contribution in [0.2, 0.25) is 0 Å². The minimum Gasteiger partial charge on any atom is -0.444 e. The zero-order valence-corrected chi connectivity index (χ0v) is 12.6. The number of carbonyl (C=O) groups excluding carboxylic acids is 1. The number of hydrogen-bond donors (Lipinski definition) is 1. The lowest BCUT2D eigenvalue weighted by Crippen LogP contribution is -2.13. The highest BCUT2D eigenvalue weighted by molar-refractivity contribution is 6.03. The molecule has 0 spiro atoms. The van der Waals surface area contributed by atoms with Crippen LogP contribution >= 0.6 is 0 Å². The number of nitrogens with one attached hydrogen (secondary N) is 1. The van der Waals surface area contributed by atoms with E-state index in [2.05, 4.69) is 15.3 Å². The summed E-state index contributed by atoms with van der Waals surface area (Å²) in [5.41, 5.74) is 1.04. The summed E-state index contributed by atoms with van der Waals surface area (Å²) in [5, 5.41) is 2.31. The molecule has 1 aromatic carbocycles. The molecule has 25 heavy (non-hydrogen) atoms. The third kappa shape index (κ3) is 2.74. The first-order valence-corrected chi connectivity index (χ1v) is 7.26. The number of halogens is 2. The Morgan fingerprint density at radius 1 is 1.16 bits per heavy atom. The highest BCUT2D eigenvalue weighted by atomic mass is 19.2. The van der Waals surface area contributed by atoms with Crippen molar-refractivity contribution in [1.29, 1.82) is 0 Å². The van der Waals surface area contributed by atoms with Gasteiger partial charge in [-0.3, -0.25) is 4.79 Å². The van der Waals surface area contributed by atoms with E-state index >= 15 is 0 Å². The van der Waals surface area contributed by atoms with Crippen molar-refractivity contribution in [1.82, 2.24) is 14.4 Å². The number of amides is 1.